The molecular formula is C13H15N5OS. The molecule has 0 N–H and O–H groups in total. The summed E-state index contributed by atoms with van der Waals surface area (Å²) < 4.78 is 1.87. The number of hydrogen-bond acceptors (Lipinski definition) is 6. The second kappa shape index (κ2) is 5.70. The minimum Gasteiger partial charge on any atom is -0.294 e. The Morgan fingerprint density at radius 2 is 2.20 bits per heavy atom. The maximum absolute atomic E-state index is 11.6. The van der Waals surface area contributed by atoms with Crippen molar-refractivity contribution in [2.24, 2.45) is 0 Å². The first-order valence-corrected chi connectivity index (χ1v) is 7.49. The first-order chi connectivity index (χ1) is 9.75. The van der Waals surface area contributed by atoms with Gasteiger partial charge in [-0.1, -0.05) is 12.8 Å². The van der Waals surface area contributed by atoms with Gasteiger partial charge >= 0.3 is 0 Å². The van der Waals surface area contributed by atoms with Crippen molar-refractivity contribution in [2.75, 3.05) is 0 Å². The highest BCUT2D eigenvalue weighted by Gasteiger charge is 2.23. The topological polar surface area (TPSA) is 73.6 Å². The van der Waals surface area contributed by atoms with Crippen molar-refractivity contribution in [1.82, 2.24) is 25.2 Å². The van der Waals surface area contributed by atoms with Crippen molar-refractivity contribution in [3.8, 4) is 0 Å². The van der Waals surface area contributed by atoms with Crippen molar-refractivity contribution in [3.05, 3.63) is 23.9 Å². The van der Waals surface area contributed by atoms with E-state index in [1.807, 2.05) is 4.68 Å². The summed E-state index contributed by atoms with van der Waals surface area (Å²) in [5.41, 5.74) is 0.610. The number of rotatable bonds is 4. The molecule has 0 amide bonds. The number of Topliss-reactive ketones (excluding diaryl/α,β-unsaturated/α-hetero) is 1. The lowest BCUT2D eigenvalue weighted by molar-refractivity contribution is 0.101. The summed E-state index contributed by atoms with van der Waals surface area (Å²) in [5, 5.41) is 13.3. The third kappa shape index (κ3) is 2.58. The van der Waals surface area contributed by atoms with Crippen molar-refractivity contribution in [3.63, 3.8) is 0 Å². The van der Waals surface area contributed by atoms with Crippen LogP contribution in [0.4, 0.5) is 0 Å². The van der Waals surface area contributed by atoms with Gasteiger partial charge in [0.15, 0.2) is 5.78 Å². The monoisotopic (exact) mass is 289 g/mol. The van der Waals surface area contributed by atoms with Gasteiger partial charge in [0.25, 0.3) is 0 Å². The molecule has 2 aromatic rings. The van der Waals surface area contributed by atoms with Crippen LogP contribution in [0.1, 0.15) is 49.0 Å². The van der Waals surface area contributed by atoms with Crippen LogP contribution in [-0.4, -0.2) is 31.0 Å². The number of pyridine rings is 1. The Hall–Kier alpha value is -1.76. The first kappa shape index (κ1) is 13.2. The molecule has 20 heavy (non-hydrogen) atoms. The van der Waals surface area contributed by atoms with Gasteiger partial charge in [-0.3, -0.25) is 4.79 Å². The number of hydrogen-bond donors (Lipinski definition) is 0. The molecule has 0 aromatic carbocycles. The van der Waals surface area contributed by atoms with Gasteiger partial charge in [0, 0.05) is 11.8 Å². The molecule has 6 nitrogen and oxygen atoms in total. The van der Waals surface area contributed by atoms with Gasteiger partial charge in [-0.05, 0) is 54.1 Å². The predicted octanol–water partition coefficient (Wildman–Crippen LogP) is 2.54. The van der Waals surface area contributed by atoms with Gasteiger partial charge in [0.1, 0.15) is 5.03 Å². The fourth-order valence-electron chi connectivity index (χ4n) is 2.46. The van der Waals surface area contributed by atoms with Crippen molar-refractivity contribution >= 4 is 17.5 Å². The van der Waals surface area contributed by atoms with E-state index in [9.17, 15) is 4.79 Å². The van der Waals surface area contributed by atoms with Crippen molar-refractivity contribution in [1.29, 1.82) is 0 Å². The second-order valence-electron chi connectivity index (χ2n) is 4.86. The van der Waals surface area contributed by atoms with E-state index in [-0.39, 0.29) is 5.78 Å². The largest absolute Gasteiger partial charge is 0.294 e. The Balaban J connectivity index is 1.88. The Morgan fingerprint density at radius 1 is 1.40 bits per heavy atom. The SMILES string of the molecule is CC(=O)c1cccnc1Sc1nnnn1C1CCCC1. The Morgan fingerprint density at radius 3 is 2.95 bits per heavy atom. The minimum absolute atomic E-state index is 0.000455. The van der Waals surface area contributed by atoms with Gasteiger partial charge in [-0.2, -0.15) is 0 Å². The zero-order chi connectivity index (χ0) is 13.9. The van der Waals surface area contributed by atoms with Crippen LogP contribution in [0.2, 0.25) is 0 Å². The van der Waals surface area contributed by atoms with Gasteiger partial charge < -0.3 is 0 Å². The van der Waals surface area contributed by atoms with Gasteiger partial charge in [-0.25, -0.2) is 9.67 Å². The van der Waals surface area contributed by atoms with E-state index in [2.05, 4.69) is 20.5 Å². The minimum atomic E-state index is 0.000455. The van der Waals surface area contributed by atoms with E-state index >= 15 is 0 Å². The number of carbonyl (C=O) groups excluding carboxylic acids is 1. The van der Waals surface area contributed by atoms with E-state index in [0.29, 0.717) is 21.8 Å². The van der Waals surface area contributed by atoms with E-state index in [4.69, 9.17) is 0 Å². The summed E-state index contributed by atoms with van der Waals surface area (Å²) in [6.45, 7) is 1.54. The summed E-state index contributed by atoms with van der Waals surface area (Å²) in [4.78, 5) is 15.9. The number of nitrogens with zero attached hydrogens (tertiary/aromatic N) is 5. The Kier molecular flexibility index (Phi) is 3.77. The fraction of sp³-hybridized carbons (Fsp3) is 0.462. The molecule has 1 saturated carbocycles. The highest BCUT2D eigenvalue weighted by Crippen LogP contribution is 2.34. The lowest BCUT2D eigenvalue weighted by atomic mass is 10.2. The molecule has 3 rings (SSSR count). The third-order valence-electron chi connectivity index (χ3n) is 3.47. The van der Waals surface area contributed by atoms with Crippen LogP contribution in [0, 0.1) is 0 Å². The number of carbonyl (C=O) groups is 1. The number of aromatic nitrogens is 5. The number of tetrazole rings is 1. The average molecular weight is 289 g/mol. The molecule has 0 atom stereocenters. The van der Waals surface area contributed by atoms with Crippen molar-refractivity contribution in [2.45, 2.75) is 48.8 Å². The molecule has 1 aliphatic rings. The molecule has 0 saturated heterocycles. The zero-order valence-corrected chi connectivity index (χ0v) is 12.0. The standard InChI is InChI=1S/C13H15N5OS/c1-9(19)11-7-4-8-14-12(11)20-13-15-16-17-18(13)10-5-2-3-6-10/h4,7-8,10H,2-3,5-6H2,1H3. The highest BCUT2D eigenvalue weighted by molar-refractivity contribution is 7.99. The van der Waals surface area contributed by atoms with Crippen LogP contribution in [0.3, 0.4) is 0 Å². The lowest BCUT2D eigenvalue weighted by Gasteiger charge is -2.11. The lowest BCUT2D eigenvalue weighted by Crippen LogP contribution is -2.08. The smallest absolute Gasteiger partial charge is 0.215 e. The fourth-order valence-corrected chi connectivity index (χ4v) is 3.42. The van der Waals surface area contributed by atoms with Crippen LogP contribution >= 0.6 is 11.8 Å². The first-order valence-electron chi connectivity index (χ1n) is 6.67. The summed E-state index contributed by atoms with van der Waals surface area (Å²) in [7, 11) is 0. The average Bonchev–Trinajstić information content (AvgIpc) is 3.09. The molecule has 0 aliphatic heterocycles. The Labute approximate surface area is 121 Å². The zero-order valence-electron chi connectivity index (χ0n) is 11.2. The van der Waals surface area contributed by atoms with Gasteiger partial charge in [0.2, 0.25) is 5.16 Å². The Bertz CT molecular complexity index is 621. The van der Waals surface area contributed by atoms with E-state index in [1.165, 1.54) is 24.6 Å². The van der Waals surface area contributed by atoms with E-state index in [0.717, 1.165) is 12.8 Å². The molecule has 0 spiro atoms. The third-order valence-corrected chi connectivity index (χ3v) is 4.44. The summed E-state index contributed by atoms with van der Waals surface area (Å²) in [6, 6.07) is 3.92. The van der Waals surface area contributed by atoms with Gasteiger partial charge in [-0.15, -0.1) is 5.10 Å². The molecule has 1 fully saturated rings. The predicted molar refractivity (Wildman–Crippen MR) is 73.7 cm³/mol. The summed E-state index contributed by atoms with van der Waals surface area (Å²) in [5.74, 6) is 0.000455. The summed E-state index contributed by atoms with van der Waals surface area (Å²) >= 11 is 1.36. The molecule has 0 radical (unpaired) electrons. The maximum atomic E-state index is 11.6. The second-order valence-corrected chi connectivity index (χ2v) is 5.81. The van der Waals surface area contributed by atoms with E-state index < -0.39 is 0 Å². The molecule has 0 bridgehead atoms. The summed E-state index contributed by atoms with van der Waals surface area (Å²) in [6.07, 6.45) is 6.34. The number of ketones is 1. The molecule has 104 valence electrons. The molecule has 1 aliphatic carbocycles. The maximum Gasteiger partial charge on any atom is 0.215 e. The molecule has 0 unspecified atom stereocenters. The van der Waals surface area contributed by atoms with Crippen LogP contribution in [0.15, 0.2) is 28.5 Å². The molecule has 2 heterocycles. The van der Waals surface area contributed by atoms with Crippen LogP contribution < -0.4 is 0 Å². The molecular weight excluding hydrogens is 274 g/mol. The van der Waals surface area contributed by atoms with Crippen LogP contribution in [-0.2, 0) is 0 Å². The van der Waals surface area contributed by atoms with Crippen LogP contribution in [0.25, 0.3) is 0 Å². The highest BCUT2D eigenvalue weighted by atomic mass is 32.2. The normalized spacial score (nSPS) is 15.7. The molecule has 7 heteroatoms. The van der Waals surface area contributed by atoms with Crippen LogP contribution in [0.5, 0.6) is 0 Å². The van der Waals surface area contributed by atoms with Gasteiger partial charge in [0.05, 0.1) is 6.04 Å². The van der Waals surface area contributed by atoms with Crippen molar-refractivity contribution < 1.29 is 4.79 Å². The molecule has 2 aromatic heterocycles. The van der Waals surface area contributed by atoms with E-state index in [1.54, 1.807) is 25.3 Å². The quantitative estimate of drug-likeness (QED) is 0.805.